The van der Waals surface area contributed by atoms with Gasteiger partial charge in [0.05, 0.1) is 12.7 Å². The fourth-order valence-corrected chi connectivity index (χ4v) is 2.04. The van der Waals surface area contributed by atoms with Crippen LogP contribution >= 0.6 is 0 Å². The summed E-state index contributed by atoms with van der Waals surface area (Å²) in [6, 6.07) is 1.11. The number of hydrogen-bond donors (Lipinski definition) is 2. The predicted octanol–water partition coefficient (Wildman–Crippen LogP) is -1.08. The summed E-state index contributed by atoms with van der Waals surface area (Å²) >= 11 is 0. The minimum atomic E-state index is -0.988. The zero-order chi connectivity index (χ0) is 14.7. The lowest BCUT2D eigenvalue weighted by atomic mass is 10.2. The summed E-state index contributed by atoms with van der Waals surface area (Å²) in [5.74, 6) is 0. The van der Waals surface area contributed by atoms with Gasteiger partial charge in [-0.15, -0.1) is 0 Å². The van der Waals surface area contributed by atoms with E-state index in [0.29, 0.717) is 0 Å². The van der Waals surface area contributed by atoms with E-state index in [-0.39, 0.29) is 13.0 Å². The Bertz CT molecular complexity index is 646. The van der Waals surface area contributed by atoms with E-state index in [4.69, 9.17) is 15.4 Å². The van der Waals surface area contributed by atoms with Gasteiger partial charge in [-0.25, -0.2) is 4.79 Å². The van der Waals surface area contributed by atoms with Crippen molar-refractivity contribution in [3.63, 3.8) is 0 Å². The second-order valence-electron chi connectivity index (χ2n) is 4.28. The molecule has 2 N–H and O–H groups in total. The first-order valence-corrected chi connectivity index (χ1v) is 5.85. The number of aliphatic hydroxyl groups excluding tert-OH is 2. The quantitative estimate of drug-likeness (QED) is 0.410. The van der Waals surface area contributed by atoms with Gasteiger partial charge in [0.1, 0.15) is 12.8 Å². The summed E-state index contributed by atoms with van der Waals surface area (Å²) in [6.07, 6.45) is -1.15. The van der Waals surface area contributed by atoms with Gasteiger partial charge in [-0.1, -0.05) is 5.11 Å². The highest BCUT2D eigenvalue weighted by atomic mass is 16.5. The minimum Gasteiger partial charge on any atom is -0.394 e. The van der Waals surface area contributed by atoms with Gasteiger partial charge >= 0.3 is 5.69 Å². The van der Waals surface area contributed by atoms with Gasteiger partial charge in [-0.3, -0.25) is 13.9 Å². The molecule has 1 saturated heterocycles. The maximum Gasteiger partial charge on any atom is 0.333 e. The molecule has 1 aromatic rings. The maximum atomic E-state index is 12.1. The van der Waals surface area contributed by atoms with Crippen LogP contribution in [0.25, 0.3) is 10.4 Å². The Morgan fingerprint density at radius 1 is 1.55 bits per heavy atom. The van der Waals surface area contributed by atoms with Crippen molar-refractivity contribution >= 4 is 0 Å². The first-order valence-electron chi connectivity index (χ1n) is 5.85. The molecule has 0 radical (unpaired) electrons. The number of azide groups is 1. The molecule has 0 amide bonds. The van der Waals surface area contributed by atoms with Gasteiger partial charge in [0.15, 0.2) is 6.23 Å². The first kappa shape index (κ1) is 14.3. The van der Waals surface area contributed by atoms with Gasteiger partial charge in [-0.05, 0) is 5.53 Å². The average molecular weight is 283 g/mol. The lowest BCUT2D eigenvalue weighted by Crippen LogP contribution is -2.41. The van der Waals surface area contributed by atoms with Gasteiger partial charge in [0.2, 0.25) is 0 Å². The highest BCUT2D eigenvalue weighted by Gasteiger charge is 2.35. The van der Waals surface area contributed by atoms with Crippen LogP contribution in [0.2, 0.25) is 0 Å². The molecule has 2 heterocycles. The van der Waals surface area contributed by atoms with E-state index >= 15 is 0 Å². The molecule has 0 aromatic carbocycles. The SMILES string of the molecule is [N-]=[N+]=NCn1c(=O)ccn([C@@H]2O[C@H](CO)C[C@H]2O)c1=O. The van der Waals surface area contributed by atoms with Crippen LogP contribution in [0.5, 0.6) is 0 Å². The molecule has 0 saturated carbocycles. The van der Waals surface area contributed by atoms with Crippen molar-refractivity contribution in [2.75, 3.05) is 6.61 Å². The predicted molar refractivity (Wildman–Crippen MR) is 65.7 cm³/mol. The maximum absolute atomic E-state index is 12.1. The smallest absolute Gasteiger partial charge is 0.333 e. The summed E-state index contributed by atoms with van der Waals surface area (Å²) in [4.78, 5) is 26.1. The molecule has 0 spiro atoms. The highest BCUT2D eigenvalue weighted by Crippen LogP contribution is 2.27. The van der Waals surface area contributed by atoms with Crippen molar-refractivity contribution in [3.05, 3.63) is 43.5 Å². The van der Waals surface area contributed by atoms with Crippen molar-refractivity contribution in [3.8, 4) is 0 Å². The summed E-state index contributed by atoms with van der Waals surface area (Å²) in [5.41, 5.74) is 6.86. The van der Waals surface area contributed by atoms with E-state index < -0.39 is 36.4 Å². The monoisotopic (exact) mass is 283 g/mol. The summed E-state index contributed by atoms with van der Waals surface area (Å²) in [5, 5.41) is 22.0. The third-order valence-corrected chi connectivity index (χ3v) is 3.01. The largest absolute Gasteiger partial charge is 0.394 e. The Balaban J connectivity index is 2.41. The number of aromatic nitrogens is 2. The molecule has 0 aliphatic carbocycles. The van der Waals surface area contributed by atoms with Gasteiger partial charge in [0, 0.05) is 23.6 Å². The van der Waals surface area contributed by atoms with Crippen molar-refractivity contribution < 1.29 is 14.9 Å². The molecule has 0 bridgehead atoms. The van der Waals surface area contributed by atoms with Crippen LogP contribution in [0.3, 0.4) is 0 Å². The molecular weight excluding hydrogens is 270 g/mol. The third kappa shape index (κ3) is 2.58. The van der Waals surface area contributed by atoms with Crippen LogP contribution in [-0.2, 0) is 11.4 Å². The fraction of sp³-hybridized carbons (Fsp3) is 0.600. The van der Waals surface area contributed by atoms with Gasteiger partial charge in [0.25, 0.3) is 5.56 Å². The number of ether oxygens (including phenoxy) is 1. The van der Waals surface area contributed by atoms with Crippen LogP contribution in [0, 0.1) is 0 Å². The zero-order valence-corrected chi connectivity index (χ0v) is 10.4. The van der Waals surface area contributed by atoms with Crippen LogP contribution in [-0.4, -0.2) is 38.2 Å². The molecule has 108 valence electrons. The normalized spacial score (nSPS) is 25.4. The summed E-state index contributed by atoms with van der Waals surface area (Å²) in [6.45, 7) is -0.720. The van der Waals surface area contributed by atoms with E-state index in [0.717, 1.165) is 15.2 Å². The lowest BCUT2D eigenvalue weighted by molar-refractivity contribution is -0.0537. The topological polar surface area (TPSA) is 142 Å². The Morgan fingerprint density at radius 2 is 2.30 bits per heavy atom. The molecule has 0 unspecified atom stereocenters. The van der Waals surface area contributed by atoms with E-state index in [1.165, 1.54) is 6.20 Å². The standard InChI is InChI=1S/C10H13N5O5/c11-13-12-5-15-8(18)1-2-14(10(15)19)9-7(17)3-6(4-16)20-9/h1-2,6-7,9,16-17H,3-5H2/t6-,7+,9+/m0/s1. The molecule has 10 nitrogen and oxygen atoms in total. The second-order valence-corrected chi connectivity index (χ2v) is 4.28. The van der Waals surface area contributed by atoms with E-state index in [9.17, 15) is 14.7 Å². The Labute approximate surface area is 112 Å². The summed E-state index contributed by atoms with van der Waals surface area (Å²) in [7, 11) is 0. The number of nitrogens with zero attached hydrogens (tertiary/aromatic N) is 5. The number of hydrogen-bond acceptors (Lipinski definition) is 6. The van der Waals surface area contributed by atoms with Crippen molar-refractivity contribution in [1.29, 1.82) is 0 Å². The molecule has 20 heavy (non-hydrogen) atoms. The van der Waals surface area contributed by atoms with Crippen molar-refractivity contribution in [2.45, 2.75) is 31.5 Å². The van der Waals surface area contributed by atoms with Gasteiger partial charge < -0.3 is 14.9 Å². The molecule has 3 atom stereocenters. The van der Waals surface area contributed by atoms with Crippen LogP contribution < -0.4 is 11.2 Å². The molecule has 1 aliphatic heterocycles. The Morgan fingerprint density at radius 3 is 2.90 bits per heavy atom. The molecule has 10 heteroatoms. The zero-order valence-electron chi connectivity index (χ0n) is 10.4. The van der Waals surface area contributed by atoms with Crippen LogP contribution in [0.15, 0.2) is 27.0 Å². The first-order chi connectivity index (χ1) is 9.58. The third-order valence-electron chi connectivity index (χ3n) is 3.01. The number of rotatable bonds is 4. The average Bonchev–Trinajstić information content (AvgIpc) is 2.80. The fourth-order valence-electron chi connectivity index (χ4n) is 2.04. The molecule has 1 aliphatic rings. The van der Waals surface area contributed by atoms with Gasteiger partial charge in [-0.2, -0.15) is 0 Å². The second kappa shape index (κ2) is 5.88. The molecule has 2 rings (SSSR count). The van der Waals surface area contributed by atoms with E-state index in [1.807, 2.05) is 0 Å². The van der Waals surface area contributed by atoms with Crippen LogP contribution in [0.4, 0.5) is 0 Å². The van der Waals surface area contributed by atoms with E-state index in [1.54, 1.807) is 0 Å². The Kier molecular flexibility index (Phi) is 4.20. The number of aliphatic hydroxyl groups is 2. The van der Waals surface area contributed by atoms with Crippen molar-refractivity contribution in [2.24, 2.45) is 5.11 Å². The summed E-state index contributed by atoms with van der Waals surface area (Å²) < 4.78 is 7.09. The minimum absolute atomic E-state index is 0.184. The lowest BCUT2D eigenvalue weighted by Gasteiger charge is -2.18. The van der Waals surface area contributed by atoms with Crippen LogP contribution in [0.1, 0.15) is 12.6 Å². The van der Waals surface area contributed by atoms with Crippen molar-refractivity contribution in [1.82, 2.24) is 9.13 Å². The van der Waals surface area contributed by atoms with E-state index in [2.05, 4.69) is 10.0 Å². The molecule has 1 aromatic heterocycles. The molecule has 1 fully saturated rings. The Hall–Kier alpha value is -2.13. The highest BCUT2D eigenvalue weighted by molar-refractivity contribution is 4.91. The molecular formula is C10H13N5O5.